The number of carbonyl (C=O) groups is 1. The summed E-state index contributed by atoms with van der Waals surface area (Å²) >= 11 is 1.05. The standard InChI is InChI=1S/C7H6N2OS/c1-3-5-7(6(10)4-2)11-9-8-5/h2H,3H2,1H3. The molecule has 1 aromatic heterocycles. The number of aryl methyl sites for hydroxylation is 1. The number of terminal acetylenes is 1. The number of hydrogen-bond donors (Lipinski definition) is 0. The molecule has 0 radical (unpaired) electrons. The first kappa shape index (κ1) is 7.89. The first-order chi connectivity index (χ1) is 5.29. The fourth-order valence-electron chi connectivity index (χ4n) is 0.678. The van der Waals surface area contributed by atoms with Crippen LogP contribution in [0.4, 0.5) is 0 Å². The summed E-state index contributed by atoms with van der Waals surface area (Å²) in [7, 11) is 0. The van der Waals surface area contributed by atoms with Crippen LogP contribution in [-0.2, 0) is 6.42 Å². The molecule has 3 nitrogen and oxygen atoms in total. The van der Waals surface area contributed by atoms with E-state index in [0.717, 1.165) is 11.5 Å². The quantitative estimate of drug-likeness (QED) is 0.372. The minimum atomic E-state index is -0.322. The lowest BCUT2D eigenvalue weighted by Crippen LogP contribution is -1.95. The van der Waals surface area contributed by atoms with Gasteiger partial charge in [0.1, 0.15) is 4.88 Å². The van der Waals surface area contributed by atoms with Gasteiger partial charge in [-0.3, -0.25) is 4.79 Å². The fraction of sp³-hybridized carbons (Fsp3) is 0.286. The average Bonchev–Trinajstić information content (AvgIpc) is 2.50. The molecule has 0 amide bonds. The molecule has 0 aliphatic heterocycles. The molecule has 1 aromatic rings. The Kier molecular flexibility index (Phi) is 2.34. The third-order valence-corrected chi connectivity index (χ3v) is 1.99. The van der Waals surface area contributed by atoms with Crippen molar-refractivity contribution < 1.29 is 4.79 Å². The second-order valence-corrected chi connectivity index (χ2v) is 2.63. The van der Waals surface area contributed by atoms with Crippen LogP contribution < -0.4 is 0 Å². The van der Waals surface area contributed by atoms with Gasteiger partial charge >= 0.3 is 0 Å². The number of nitrogens with zero attached hydrogens (tertiary/aromatic N) is 2. The number of Topliss-reactive ketones (excluding diaryl/α,β-unsaturated/α-hetero) is 1. The molecule has 0 spiro atoms. The first-order valence-electron chi connectivity index (χ1n) is 3.11. The molecule has 0 saturated carbocycles. The minimum absolute atomic E-state index is 0.322. The van der Waals surface area contributed by atoms with Crippen LogP contribution in [0.5, 0.6) is 0 Å². The van der Waals surface area contributed by atoms with Gasteiger partial charge in [0, 0.05) is 0 Å². The Bertz CT molecular complexity index is 310. The maximum Gasteiger partial charge on any atom is 0.249 e. The van der Waals surface area contributed by atoms with Crippen molar-refractivity contribution in [2.24, 2.45) is 0 Å². The van der Waals surface area contributed by atoms with E-state index >= 15 is 0 Å². The molecule has 0 atom stereocenters. The normalized spacial score (nSPS) is 9.09. The summed E-state index contributed by atoms with van der Waals surface area (Å²) in [6, 6.07) is 0. The molecule has 0 N–H and O–H groups in total. The summed E-state index contributed by atoms with van der Waals surface area (Å²) in [5.74, 6) is 1.71. The Balaban J connectivity index is 3.04. The van der Waals surface area contributed by atoms with Crippen molar-refractivity contribution in [3.8, 4) is 12.3 Å². The van der Waals surface area contributed by atoms with Gasteiger partial charge in [0.15, 0.2) is 0 Å². The predicted octanol–water partition coefficient (Wildman–Crippen LogP) is 0.916. The monoisotopic (exact) mass is 166 g/mol. The molecule has 1 rings (SSSR count). The van der Waals surface area contributed by atoms with E-state index in [1.807, 2.05) is 12.8 Å². The highest BCUT2D eigenvalue weighted by atomic mass is 32.1. The predicted molar refractivity (Wildman–Crippen MR) is 42.5 cm³/mol. The van der Waals surface area contributed by atoms with E-state index in [9.17, 15) is 4.79 Å². The van der Waals surface area contributed by atoms with Gasteiger partial charge in [-0.25, -0.2) is 0 Å². The molecule has 4 heteroatoms. The van der Waals surface area contributed by atoms with E-state index in [0.29, 0.717) is 17.0 Å². The second-order valence-electron chi connectivity index (χ2n) is 1.88. The highest BCUT2D eigenvalue weighted by Crippen LogP contribution is 2.10. The van der Waals surface area contributed by atoms with Gasteiger partial charge in [-0.2, -0.15) is 0 Å². The van der Waals surface area contributed by atoms with E-state index in [1.54, 1.807) is 0 Å². The summed E-state index contributed by atoms with van der Waals surface area (Å²) in [5, 5.41) is 3.76. The van der Waals surface area contributed by atoms with Gasteiger partial charge in [0.05, 0.1) is 5.69 Å². The molecule has 0 aliphatic carbocycles. The molecule has 0 aromatic carbocycles. The largest absolute Gasteiger partial charge is 0.278 e. The Morgan fingerprint density at radius 2 is 2.55 bits per heavy atom. The van der Waals surface area contributed by atoms with Crippen molar-refractivity contribution in [3.05, 3.63) is 10.6 Å². The summed E-state index contributed by atoms with van der Waals surface area (Å²) < 4.78 is 3.64. The van der Waals surface area contributed by atoms with Crippen LogP contribution in [0.25, 0.3) is 0 Å². The highest BCUT2D eigenvalue weighted by molar-refractivity contribution is 7.08. The van der Waals surface area contributed by atoms with Crippen LogP contribution in [0.3, 0.4) is 0 Å². The fourth-order valence-corrected chi connectivity index (χ4v) is 1.33. The Labute approximate surface area is 68.6 Å². The van der Waals surface area contributed by atoms with Crippen LogP contribution in [0.1, 0.15) is 22.3 Å². The first-order valence-corrected chi connectivity index (χ1v) is 3.89. The summed E-state index contributed by atoms with van der Waals surface area (Å²) in [4.78, 5) is 11.4. The van der Waals surface area contributed by atoms with Crippen molar-refractivity contribution in [1.82, 2.24) is 9.59 Å². The molecule has 1 heterocycles. The van der Waals surface area contributed by atoms with Gasteiger partial charge in [-0.15, -0.1) is 11.5 Å². The van der Waals surface area contributed by atoms with Crippen molar-refractivity contribution >= 4 is 17.3 Å². The third kappa shape index (κ3) is 1.44. The van der Waals surface area contributed by atoms with Crippen molar-refractivity contribution in [2.45, 2.75) is 13.3 Å². The molecule has 0 saturated heterocycles. The zero-order valence-electron chi connectivity index (χ0n) is 6.00. The van der Waals surface area contributed by atoms with E-state index in [2.05, 4.69) is 9.59 Å². The number of carbonyl (C=O) groups excluding carboxylic acids is 1. The summed E-state index contributed by atoms with van der Waals surface area (Å²) in [6.45, 7) is 1.91. The SMILES string of the molecule is C#CC(=O)c1snnc1CC. The summed E-state index contributed by atoms with van der Waals surface area (Å²) in [6.07, 6.45) is 5.63. The number of rotatable bonds is 2. The van der Waals surface area contributed by atoms with Crippen LogP contribution in [0.15, 0.2) is 0 Å². The number of ketones is 1. The lowest BCUT2D eigenvalue weighted by Gasteiger charge is -1.87. The molecule has 0 aliphatic rings. The molecule has 56 valence electrons. The van der Waals surface area contributed by atoms with Crippen molar-refractivity contribution in [1.29, 1.82) is 0 Å². The van der Waals surface area contributed by atoms with Crippen LogP contribution in [0, 0.1) is 12.3 Å². The topological polar surface area (TPSA) is 42.9 Å². The van der Waals surface area contributed by atoms with Crippen LogP contribution in [-0.4, -0.2) is 15.4 Å². The summed E-state index contributed by atoms with van der Waals surface area (Å²) in [5.41, 5.74) is 0.693. The van der Waals surface area contributed by atoms with Crippen LogP contribution in [0.2, 0.25) is 0 Å². The minimum Gasteiger partial charge on any atom is -0.278 e. The highest BCUT2D eigenvalue weighted by Gasteiger charge is 2.11. The Morgan fingerprint density at radius 1 is 1.82 bits per heavy atom. The van der Waals surface area contributed by atoms with Gasteiger partial charge in [-0.1, -0.05) is 11.4 Å². The second kappa shape index (κ2) is 3.26. The average molecular weight is 166 g/mol. The maximum atomic E-state index is 10.9. The zero-order valence-corrected chi connectivity index (χ0v) is 6.81. The van der Waals surface area contributed by atoms with Crippen LogP contribution >= 0.6 is 11.5 Å². The maximum absolute atomic E-state index is 10.9. The molecular formula is C7H6N2OS. The lowest BCUT2D eigenvalue weighted by molar-refractivity contribution is 0.105. The smallest absolute Gasteiger partial charge is 0.249 e. The number of aromatic nitrogens is 2. The third-order valence-electron chi connectivity index (χ3n) is 1.23. The molecule has 0 fully saturated rings. The molecular weight excluding hydrogens is 160 g/mol. The van der Waals surface area contributed by atoms with Gasteiger partial charge in [0.25, 0.3) is 0 Å². The van der Waals surface area contributed by atoms with Gasteiger partial charge in [-0.05, 0) is 23.9 Å². The molecule has 0 bridgehead atoms. The molecule has 11 heavy (non-hydrogen) atoms. The van der Waals surface area contributed by atoms with E-state index in [4.69, 9.17) is 6.42 Å². The van der Waals surface area contributed by atoms with Gasteiger partial charge in [0.2, 0.25) is 5.78 Å². The number of hydrogen-bond acceptors (Lipinski definition) is 4. The van der Waals surface area contributed by atoms with E-state index < -0.39 is 0 Å². The van der Waals surface area contributed by atoms with Crippen molar-refractivity contribution in [2.75, 3.05) is 0 Å². The Hall–Kier alpha value is -1.21. The van der Waals surface area contributed by atoms with E-state index in [1.165, 1.54) is 0 Å². The van der Waals surface area contributed by atoms with E-state index in [-0.39, 0.29) is 5.78 Å². The zero-order chi connectivity index (χ0) is 8.27. The Morgan fingerprint density at radius 3 is 3.09 bits per heavy atom. The lowest BCUT2D eigenvalue weighted by atomic mass is 10.2. The molecule has 0 unspecified atom stereocenters. The van der Waals surface area contributed by atoms with Crippen molar-refractivity contribution in [3.63, 3.8) is 0 Å². The van der Waals surface area contributed by atoms with Gasteiger partial charge < -0.3 is 0 Å².